The maximum absolute atomic E-state index is 13.0. The molecule has 0 aliphatic heterocycles. The van der Waals surface area contributed by atoms with Gasteiger partial charge in [0.15, 0.2) is 6.61 Å². The maximum Gasteiger partial charge on any atom is 0.261 e. The molecule has 1 atom stereocenters. The van der Waals surface area contributed by atoms with Gasteiger partial charge >= 0.3 is 0 Å². The number of hydrogen-bond acceptors (Lipinski definition) is 4. The van der Waals surface area contributed by atoms with E-state index < -0.39 is 6.04 Å². The van der Waals surface area contributed by atoms with Crippen LogP contribution in [0.25, 0.3) is 0 Å². The molecule has 6 heteroatoms. The molecule has 156 valence electrons. The molecular weight excluding hydrogens is 368 g/mol. The van der Waals surface area contributed by atoms with Crippen LogP contribution in [0.15, 0.2) is 48.5 Å². The number of carbonyl (C=O) groups excluding carboxylic acids is 2. The number of benzene rings is 2. The summed E-state index contributed by atoms with van der Waals surface area (Å²) >= 11 is 0. The third kappa shape index (κ3) is 5.98. The van der Waals surface area contributed by atoms with Crippen molar-refractivity contribution in [3.05, 3.63) is 59.7 Å². The Morgan fingerprint density at radius 1 is 1.03 bits per heavy atom. The Hall–Kier alpha value is -3.02. The lowest BCUT2D eigenvalue weighted by Gasteiger charge is -2.28. The van der Waals surface area contributed by atoms with Crippen molar-refractivity contribution >= 4 is 11.8 Å². The van der Waals surface area contributed by atoms with Crippen LogP contribution in [0, 0.1) is 0 Å². The number of rotatable bonds is 9. The van der Waals surface area contributed by atoms with E-state index in [9.17, 15) is 9.59 Å². The number of ether oxygens (including phenoxy) is 2. The molecule has 0 radical (unpaired) electrons. The third-order valence-electron chi connectivity index (χ3n) is 4.82. The fourth-order valence-electron chi connectivity index (χ4n) is 3.03. The number of nitrogens with zero attached hydrogens (tertiary/aromatic N) is 1. The van der Waals surface area contributed by atoms with Crippen LogP contribution in [0.4, 0.5) is 0 Å². The lowest BCUT2D eigenvalue weighted by molar-refractivity contribution is -0.142. The minimum atomic E-state index is -0.626. The molecule has 0 fully saturated rings. The van der Waals surface area contributed by atoms with E-state index in [4.69, 9.17) is 9.47 Å². The van der Waals surface area contributed by atoms with Gasteiger partial charge in [-0.1, -0.05) is 44.2 Å². The summed E-state index contributed by atoms with van der Waals surface area (Å²) in [6.45, 7) is 6.03. The van der Waals surface area contributed by atoms with E-state index in [1.165, 1.54) is 4.90 Å². The van der Waals surface area contributed by atoms with Crippen molar-refractivity contribution < 1.29 is 19.1 Å². The molecule has 0 aromatic heterocycles. The lowest BCUT2D eigenvalue weighted by atomic mass is 10.0. The van der Waals surface area contributed by atoms with Crippen LogP contribution < -0.4 is 14.8 Å². The summed E-state index contributed by atoms with van der Waals surface area (Å²) < 4.78 is 11.0. The zero-order valence-corrected chi connectivity index (χ0v) is 17.8. The molecule has 1 N–H and O–H groups in total. The zero-order chi connectivity index (χ0) is 21.4. The molecule has 0 unspecified atom stereocenters. The molecular formula is C23H30N2O4. The highest BCUT2D eigenvalue weighted by molar-refractivity contribution is 5.87. The van der Waals surface area contributed by atoms with Crippen LogP contribution in [0.2, 0.25) is 0 Å². The minimum absolute atomic E-state index is 0.138. The highest BCUT2D eigenvalue weighted by Crippen LogP contribution is 2.26. The zero-order valence-electron chi connectivity index (χ0n) is 17.8. The summed E-state index contributed by atoms with van der Waals surface area (Å²) in [6.07, 6.45) is 0. The van der Waals surface area contributed by atoms with E-state index in [-0.39, 0.29) is 24.3 Å². The number of amides is 2. The molecule has 0 aliphatic rings. The van der Waals surface area contributed by atoms with Gasteiger partial charge in [-0.15, -0.1) is 0 Å². The highest BCUT2D eigenvalue weighted by atomic mass is 16.5. The Morgan fingerprint density at radius 2 is 1.69 bits per heavy atom. The number of para-hydroxylation sites is 1. The third-order valence-corrected chi connectivity index (χ3v) is 4.82. The van der Waals surface area contributed by atoms with Crippen LogP contribution in [0.5, 0.6) is 11.5 Å². The van der Waals surface area contributed by atoms with Crippen molar-refractivity contribution in [3.8, 4) is 11.5 Å². The molecule has 2 aromatic carbocycles. The summed E-state index contributed by atoms with van der Waals surface area (Å²) in [6, 6.07) is 14.5. The van der Waals surface area contributed by atoms with Crippen molar-refractivity contribution in [1.82, 2.24) is 10.2 Å². The summed E-state index contributed by atoms with van der Waals surface area (Å²) in [5, 5.41) is 2.61. The second-order valence-corrected chi connectivity index (χ2v) is 7.14. The summed E-state index contributed by atoms with van der Waals surface area (Å²) in [5.41, 5.74) is 1.94. The number of likely N-dealkylation sites (N-methyl/N-ethyl adjacent to an activating group) is 1. The summed E-state index contributed by atoms with van der Waals surface area (Å²) in [7, 11) is 3.16. The molecule has 2 rings (SSSR count). The average molecular weight is 399 g/mol. The smallest absolute Gasteiger partial charge is 0.261 e. The monoisotopic (exact) mass is 398 g/mol. The average Bonchev–Trinajstić information content (AvgIpc) is 2.75. The first kappa shape index (κ1) is 22.3. The number of nitrogens with one attached hydrogen (secondary N) is 1. The van der Waals surface area contributed by atoms with E-state index >= 15 is 0 Å². The van der Waals surface area contributed by atoms with Crippen molar-refractivity contribution in [2.45, 2.75) is 39.3 Å². The van der Waals surface area contributed by atoms with Crippen LogP contribution in [-0.4, -0.2) is 43.5 Å². The van der Waals surface area contributed by atoms with Gasteiger partial charge in [0.25, 0.3) is 5.91 Å². The summed E-state index contributed by atoms with van der Waals surface area (Å²) in [4.78, 5) is 26.7. The summed E-state index contributed by atoms with van der Waals surface area (Å²) in [5.74, 6) is 1.22. The standard InChI is InChI=1S/C23H30N2O4/c1-16(2)20-8-6-7-9-21(20)29-15-22(26)25(17(3)23(27)24-4)14-18-10-12-19(28-5)13-11-18/h6-13,16-17H,14-15H2,1-5H3,(H,24,27)/t17-/m0/s1. The van der Waals surface area contributed by atoms with Crippen molar-refractivity contribution in [2.24, 2.45) is 0 Å². The molecule has 0 heterocycles. The Labute approximate surface area is 172 Å². The Morgan fingerprint density at radius 3 is 2.28 bits per heavy atom. The van der Waals surface area contributed by atoms with Gasteiger partial charge in [-0.25, -0.2) is 0 Å². The Kier molecular flexibility index (Phi) is 8.07. The van der Waals surface area contributed by atoms with Gasteiger partial charge in [-0.05, 0) is 42.2 Å². The van der Waals surface area contributed by atoms with Gasteiger partial charge in [-0.3, -0.25) is 9.59 Å². The molecule has 6 nitrogen and oxygen atoms in total. The number of hydrogen-bond donors (Lipinski definition) is 1. The lowest BCUT2D eigenvalue weighted by Crippen LogP contribution is -2.48. The molecule has 0 saturated heterocycles. The van der Waals surface area contributed by atoms with Crippen molar-refractivity contribution in [2.75, 3.05) is 20.8 Å². The molecule has 2 aromatic rings. The van der Waals surface area contributed by atoms with Crippen LogP contribution in [0.3, 0.4) is 0 Å². The number of carbonyl (C=O) groups is 2. The highest BCUT2D eigenvalue weighted by Gasteiger charge is 2.26. The quantitative estimate of drug-likeness (QED) is 0.703. The van der Waals surface area contributed by atoms with Gasteiger partial charge in [-0.2, -0.15) is 0 Å². The van der Waals surface area contributed by atoms with E-state index in [2.05, 4.69) is 19.2 Å². The van der Waals surface area contributed by atoms with Gasteiger partial charge in [0, 0.05) is 13.6 Å². The van der Waals surface area contributed by atoms with Crippen molar-refractivity contribution in [1.29, 1.82) is 0 Å². The fraction of sp³-hybridized carbons (Fsp3) is 0.391. The van der Waals surface area contributed by atoms with Gasteiger partial charge in [0.1, 0.15) is 17.5 Å². The van der Waals surface area contributed by atoms with Crippen molar-refractivity contribution in [3.63, 3.8) is 0 Å². The first-order valence-corrected chi connectivity index (χ1v) is 9.73. The number of methoxy groups -OCH3 is 1. The van der Waals surface area contributed by atoms with E-state index in [1.807, 2.05) is 48.5 Å². The van der Waals surface area contributed by atoms with Gasteiger partial charge < -0.3 is 19.7 Å². The molecule has 0 spiro atoms. The normalized spacial score (nSPS) is 11.7. The molecule has 0 saturated carbocycles. The SMILES string of the molecule is CNC(=O)[C@H](C)N(Cc1ccc(OC)cc1)C(=O)COc1ccccc1C(C)C. The van der Waals surface area contributed by atoms with E-state index in [0.29, 0.717) is 12.3 Å². The van der Waals surface area contributed by atoms with Gasteiger partial charge in [0.05, 0.1) is 7.11 Å². The Bertz CT molecular complexity index is 818. The first-order valence-electron chi connectivity index (χ1n) is 9.73. The second kappa shape index (κ2) is 10.5. The first-order chi connectivity index (χ1) is 13.9. The fourth-order valence-corrected chi connectivity index (χ4v) is 3.03. The van der Waals surface area contributed by atoms with Crippen LogP contribution in [0.1, 0.15) is 37.8 Å². The predicted molar refractivity (Wildman–Crippen MR) is 113 cm³/mol. The second-order valence-electron chi connectivity index (χ2n) is 7.14. The molecule has 2 amide bonds. The van der Waals surface area contributed by atoms with Crippen LogP contribution in [-0.2, 0) is 16.1 Å². The van der Waals surface area contributed by atoms with Gasteiger partial charge in [0.2, 0.25) is 5.91 Å². The predicted octanol–water partition coefficient (Wildman–Crippen LogP) is 3.36. The van der Waals surface area contributed by atoms with Crippen LogP contribution >= 0.6 is 0 Å². The topological polar surface area (TPSA) is 67.9 Å². The Balaban J connectivity index is 2.16. The molecule has 29 heavy (non-hydrogen) atoms. The minimum Gasteiger partial charge on any atom is -0.497 e. The van der Waals surface area contributed by atoms with E-state index in [0.717, 1.165) is 16.9 Å². The largest absolute Gasteiger partial charge is 0.497 e. The molecule has 0 aliphatic carbocycles. The molecule has 0 bridgehead atoms. The maximum atomic E-state index is 13.0. The van der Waals surface area contributed by atoms with E-state index in [1.54, 1.807) is 21.1 Å².